The standard InChI is InChI=1S/C25H41O5PSi/c1-9-30-31(5,27)15-14-18(2)12-13-21-20(11-10-16-32(6,7)8)23-22(17-29-25(23)26)19(3)24(21)28-4/h12H,9-11,13-17H2,1-8H3/b18-12+. The molecule has 0 fully saturated rings. The van der Waals surface area contributed by atoms with Gasteiger partial charge in [0.15, 0.2) is 7.37 Å². The molecular weight excluding hydrogens is 439 g/mol. The molecule has 0 spiro atoms. The van der Waals surface area contributed by atoms with Crippen molar-refractivity contribution >= 4 is 21.4 Å². The van der Waals surface area contributed by atoms with Crippen molar-refractivity contribution in [3.8, 4) is 5.75 Å². The smallest absolute Gasteiger partial charge is 0.339 e. The van der Waals surface area contributed by atoms with Gasteiger partial charge in [-0.1, -0.05) is 43.8 Å². The van der Waals surface area contributed by atoms with E-state index < -0.39 is 15.4 Å². The first-order valence-corrected chi connectivity index (χ1v) is 17.6. The molecule has 1 atom stereocenters. The topological polar surface area (TPSA) is 61.8 Å². The Kier molecular flexibility index (Phi) is 9.39. The average molecular weight is 481 g/mol. The molecule has 1 aromatic rings. The van der Waals surface area contributed by atoms with Crippen LogP contribution in [0.2, 0.25) is 25.7 Å². The molecule has 2 rings (SSSR count). The lowest BCUT2D eigenvalue weighted by atomic mass is 9.88. The average Bonchev–Trinajstić information content (AvgIpc) is 3.07. The second-order valence-corrected chi connectivity index (χ2v) is 18.5. The van der Waals surface area contributed by atoms with Crippen molar-refractivity contribution in [2.45, 2.75) is 78.7 Å². The van der Waals surface area contributed by atoms with E-state index in [9.17, 15) is 9.36 Å². The number of carbonyl (C=O) groups is 1. The lowest BCUT2D eigenvalue weighted by Gasteiger charge is -2.21. The molecule has 0 N–H and O–H groups in total. The third-order valence-electron chi connectivity index (χ3n) is 6.11. The number of cyclic esters (lactones) is 1. The Hall–Kier alpha value is -1.36. The van der Waals surface area contributed by atoms with Gasteiger partial charge in [0, 0.05) is 32.0 Å². The van der Waals surface area contributed by atoms with Crippen LogP contribution >= 0.6 is 7.37 Å². The largest absolute Gasteiger partial charge is 0.496 e. The fourth-order valence-corrected chi connectivity index (χ4v) is 6.99. The summed E-state index contributed by atoms with van der Waals surface area (Å²) in [5.41, 5.74) is 6.07. The summed E-state index contributed by atoms with van der Waals surface area (Å²) in [6.45, 7) is 15.6. The number of benzene rings is 1. The van der Waals surface area contributed by atoms with E-state index in [-0.39, 0.29) is 5.97 Å². The number of ether oxygens (including phenoxy) is 2. The Balaban J connectivity index is 2.37. The Bertz CT molecular complexity index is 914. The van der Waals surface area contributed by atoms with Crippen LogP contribution in [0.25, 0.3) is 0 Å². The van der Waals surface area contributed by atoms with Gasteiger partial charge in [0.05, 0.1) is 19.3 Å². The predicted molar refractivity (Wildman–Crippen MR) is 135 cm³/mol. The zero-order valence-corrected chi connectivity index (χ0v) is 23.1. The molecule has 5 nitrogen and oxygen atoms in total. The number of esters is 1. The molecule has 0 aliphatic carbocycles. The summed E-state index contributed by atoms with van der Waals surface area (Å²) in [5.74, 6) is 0.656. The zero-order chi connectivity index (χ0) is 24.1. The molecule has 7 heteroatoms. The molecule has 1 heterocycles. The van der Waals surface area contributed by atoms with Gasteiger partial charge in [0.1, 0.15) is 12.4 Å². The minimum atomic E-state index is -2.55. The maximum Gasteiger partial charge on any atom is 0.339 e. The SMILES string of the molecule is CCOP(C)(=O)CC/C(C)=C/Cc1c(CCC[Si](C)(C)C)c2c(c(C)c1OC)COC2=O. The normalized spacial score (nSPS) is 16.0. The monoisotopic (exact) mass is 480 g/mol. The molecule has 32 heavy (non-hydrogen) atoms. The van der Waals surface area contributed by atoms with Crippen molar-refractivity contribution in [3.05, 3.63) is 39.5 Å². The van der Waals surface area contributed by atoms with Gasteiger partial charge in [-0.2, -0.15) is 0 Å². The molecule has 0 saturated heterocycles. The van der Waals surface area contributed by atoms with Crippen LogP contribution in [0.5, 0.6) is 5.75 Å². The van der Waals surface area contributed by atoms with E-state index in [0.717, 1.165) is 52.8 Å². The maximum atomic E-state index is 12.6. The van der Waals surface area contributed by atoms with Gasteiger partial charge in [-0.25, -0.2) is 4.79 Å². The molecule has 180 valence electrons. The number of fused-ring (bicyclic) bond motifs is 1. The molecule has 0 aromatic heterocycles. The van der Waals surface area contributed by atoms with Gasteiger partial charge in [-0.3, -0.25) is 4.57 Å². The Morgan fingerprint density at radius 1 is 1.25 bits per heavy atom. The van der Waals surface area contributed by atoms with Crippen LogP contribution in [-0.4, -0.2) is 40.6 Å². The molecule has 0 radical (unpaired) electrons. The fourth-order valence-electron chi connectivity index (χ4n) is 4.32. The highest BCUT2D eigenvalue weighted by Gasteiger charge is 2.31. The number of hydrogen-bond acceptors (Lipinski definition) is 5. The van der Waals surface area contributed by atoms with Gasteiger partial charge in [0.25, 0.3) is 0 Å². The van der Waals surface area contributed by atoms with Gasteiger partial charge in [-0.15, -0.1) is 0 Å². The lowest BCUT2D eigenvalue weighted by Crippen LogP contribution is -2.19. The quantitative estimate of drug-likeness (QED) is 0.143. The first-order valence-electron chi connectivity index (χ1n) is 11.6. The van der Waals surface area contributed by atoms with Crippen LogP contribution in [0.1, 0.15) is 59.3 Å². The molecule has 1 aliphatic heterocycles. The Labute approximate surface area is 195 Å². The van der Waals surface area contributed by atoms with Gasteiger partial charge in [-0.05, 0) is 51.2 Å². The van der Waals surface area contributed by atoms with E-state index in [1.807, 2.05) is 13.8 Å². The number of rotatable bonds is 12. The minimum Gasteiger partial charge on any atom is -0.496 e. The number of carbonyl (C=O) groups excluding carboxylic acids is 1. The minimum absolute atomic E-state index is 0.209. The first-order chi connectivity index (χ1) is 14.9. The molecule has 1 aromatic carbocycles. The molecule has 0 bridgehead atoms. The molecule has 0 amide bonds. The zero-order valence-electron chi connectivity index (χ0n) is 21.2. The second-order valence-electron chi connectivity index (χ2n) is 10.1. The first kappa shape index (κ1) is 26.9. The number of hydrogen-bond donors (Lipinski definition) is 0. The molecular formula is C25H41O5PSi. The predicted octanol–water partition coefficient (Wildman–Crippen LogP) is 6.77. The highest BCUT2D eigenvalue weighted by atomic mass is 31.2. The van der Waals surface area contributed by atoms with Crippen LogP contribution in [0, 0.1) is 6.92 Å². The maximum absolute atomic E-state index is 12.6. The molecule has 1 unspecified atom stereocenters. The second kappa shape index (κ2) is 11.2. The van der Waals surface area contributed by atoms with Crippen molar-refractivity contribution in [1.82, 2.24) is 0 Å². The van der Waals surface area contributed by atoms with Crippen molar-refractivity contribution in [1.29, 1.82) is 0 Å². The summed E-state index contributed by atoms with van der Waals surface area (Å²) in [6, 6.07) is 1.21. The van der Waals surface area contributed by atoms with Crippen LogP contribution in [0.3, 0.4) is 0 Å². The van der Waals surface area contributed by atoms with Crippen molar-refractivity contribution in [2.75, 3.05) is 26.5 Å². The Morgan fingerprint density at radius 2 is 1.94 bits per heavy atom. The van der Waals surface area contributed by atoms with Crippen LogP contribution in [0.15, 0.2) is 11.6 Å². The third-order valence-corrected chi connectivity index (χ3v) is 9.81. The van der Waals surface area contributed by atoms with Gasteiger partial charge < -0.3 is 14.0 Å². The van der Waals surface area contributed by atoms with E-state index in [4.69, 9.17) is 14.0 Å². The number of allylic oxidation sites excluding steroid dienone is 2. The summed E-state index contributed by atoms with van der Waals surface area (Å²) in [6.07, 6.45) is 6.05. The van der Waals surface area contributed by atoms with E-state index in [2.05, 4.69) is 32.6 Å². The summed E-state index contributed by atoms with van der Waals surface area (Å²) in [5, 5.41) is 0. The number of methoxy groups -OCH3 is 1. The highest BCUT2D eigenvalue weighted by Crippen LogP contribution is 2.44. The highest BCUT2D eigenvalue weighted by molar-refractivity contribution is 7.58. The summed E-state index contributed by atoms with van der Waals surface area (Å²) in [4.78, 5) is 12.6. The molecule has 0 saturated carbocycles. The van der Waals surface area contributed by atoms with Gasteiger partial charge >= 0.3 is 5.97 Å². The van der Waals surface area contributed by atoms with Crippen molar-refractivity contribution in [3.63, 3.8) is 0 Å². The van der Waals surface area contributed by atoms with E-state index in [1.165, 1.54) is 11.6 Å². The third kappa shape index (κ3) is 7.07. The molecule has 1 aliphatic rings. The lowest BCUT2D eigenvalue weighted by molar-refractivity contribution is 0.0534. The summed E-state index contributed by atoms with van der Waals surface area (Å²) < 4.78 is 29.1. The van der Waals surface area contributed by atoms with E-state index >= 15 is 0 Å². The summed E-state index contributed by atoms with van der Waals surface area (Å²) >= 11 is 0. The van der Waals surface area contributed by atoms with Crippen LogP contribution in [0.4, 0.5) is 0 Å². The van der Waals surface area contributed by atoms with Gasteiger partial charge in [0.2, 0.25) is 0 Å². The van der Waals surface area contributed by atoms with Crippen molar-refractivity contribution in [2.24, 2.45) is 0 Å². The van der Waals surface area contributed by atoms with Crippen molar-refractivity contribution < 1.29 is 23.4 Å². The summed E-state index contributed by atoms with van der Waals surface area (Å²) in [7, 11) is -2.02. The van der Waals surface area contributed by atoms with E-state index in [1.54, 1.807) is 13.8 Å². The van der Waals surface area contributed by atoms with Crippen LogP contribution in [-0.2, 0) is 33.3 Å². The Morgan fingerprint density at radius 3 is 2.53 bits per heavy atom. The van der Waals surface area contributed by atoms with E-state index in [0.29, 0.717) is 25.8 Å². The van der Waals surface area contributed by atoms with Crippen LogP contribution < -0.4 is 4.74 Å². The fraction of sp³-hybridized carbons (Fsp3) is 0.640.